The quantitative estimate of drug-likeness (QED) is 0.800. The lowest BCUT2D eigenvalue weighted by Crippen LogP contribution is -2.47. The number of hydrogen-bond donors (Lipinski definition) is 1. The Balaban J connectivity index is 1.90. The number of nitrogens with one attached hydrogen (secondary N) is 1. The average Bonchev–Trinajstić information content (AvgIpc) is 2.23. The Morgan fingerprint density at radius 3 is 2.67 bits per heavy atom. The zero-order valence-electron chi connectivity index (χ0n) is 8.52. The zero-order chi connectivity index (χ0) is 10.5. The standard InChI is InChI=1S/C12H14N2O/c13-6-11(7-14-12-8-15-9-12)10-4-2-1-3-5-10/h1-5,11-12,14H,7-9H2. The fraction of sp³-hybridized carbons (Fsp3) is 0.417. The highest BCUT2D eigenvalue weighted by atomic mass is 16.5. The minimum absolute atomic E-state index is 0.0631. The van der Waals surface area contributed by atoms with Crippen molar-refractivity contribution in [1.29, 1.82) is 5.26 Å². The van der Waals surface area contributed by atoms with Crippen molar-refractivity contribution in [2.45, 2.75) is 12.0 Å². The summed E-state index contributed by atoms with van der Waals surface area (Å²) in [5.74, 6) is -0.0631. The molecule has 1 heterocycles. The molecule has 1 N–H and O–H groups in total. The van der Waals surface area contributed by atoms with Gasteiger partial charge in [-0.25, -0.2) is 0 Å². The molecule has 0 bridgehead atoms. The van der Waals surface area contributed by atoms with Crippen molar-refractivity contribution in [3.05, 3.63) is 35.9 Å². The monoisotopic (exact) mass is 202 g/mol. The third kappa shape index (κ3) is 2.56. The van der Waals surface area contributed by atoms with E-state index < -0.39 is 0 Å². The topological polar surface area (TPSA) is 45.0 Å². The van der Waals surface area contributed by atoms with Crippen LogP contribution in [0.25, 0.3) is 0 Å². The fourth-order valence-electron chi connectivity index (χ4n) is 1.56. The van der Waals surface area contributed by atoms with Crippen molar-refractivity contribution in [1.82, 2.24) is 5.32 Å². The normalized spacial score (nSPS) is 17.8. The maximum Gasteiger partial charge on any atom is 0.0837 e. The predicted octanol–water partition coefficient (Wildman–Crippen LogP) is 1.28. The molecule has 2 rings (SSSR count). The molecule has 0 amide bonds. The number of ether oxygens (including phenoxy) is 1. The maximum atomic E-state index is 9.06. The highest BCUT2D eigenvalue weighted by molar-refractivity contribution is 5.25. The summed E-state index contributed by atoms with van der Waals surface area (Å²) in [6.07, 6.45) is 0. The van der Waals surface area contributed by atoms with Crippen LogP contribution in [0.5, 0.6) is 0 Å². The van der Waals surface area contributed by atoms with Crippen LogP contribution in [-0.2, 0) is 4.74 Å². The van der Waals surface area contributed by atoms with Crippen LogP contribution in [0.15, 0.2) is 30.3 Å². The predicted molar refractivity (Wildman–Crippen MR) is 57.4 cm³/mol. The lowest BCUT2D eigenvalue weighted by Gasteiger charge is -2.27. The van der Waals surface area contributed by atoms with Gasteiger partial charge in [-0.05, 0) is 5.56 Å². The largest absolute Gasteiger partial charge is 0.378 e. The first-order valence-electron chi connectivity index (χ1n) is 5.16. The molecule has 3 nitrogen and oxygen atoms in total. The first-order valence-corrected chi connectivity index (χ1v) is 5.16. The van der Waals surface area contributed by atoms with Crippen LogP contribution in [0.4, 0.5) is 0 Å². The van der Waals surface area contributed by atoms with E-state index in [4.69, 9.17) is 10.00 Å². The molecule has 0 spiro atoms. The van der Waals surface area contributed by atoms with Gasteiger partial charge in [0.2, 0.25) is 0 Å². The summed E-state index contributed by atoms with van der Waals surface area (Å²) < 4.78 is 5.06. The van der Waals surface area contributed by atoms with Crippen LogP contribution in [0.2, 0.25) is 0 Å². The molecule has 1 saturated heterocycles. The van der Waals surface area contributed by atoms with Crippen LogP contribution in [0.1, 0.15) is 11.5 Å². The van der Waals surface area contributed by atoms with Gasteiger partial charge in [-0.3, -0.25) is 0 Å². The van der Waals surface area contributed by atoms with Crippen LogP contribution in [0.3, 0.4) is 0 Å². The number of benzene rings is 1. The molecule has 1 unspecified atom stereocenters. The average molecular weight is 202 g/mol. The lowest BCUT2D eigenvalue weighted by molar-refractivity contribution is -0.00500. The zero-order valence-corrected chi connectivity index (χ0v) is 8.52. The van der Waals surface area contributed by atoms with E-state index in [2.05, 4.69) is 11.4 Å². The molecule has 1 aliphatic rings. The highest BCUT2D eigenvalue weighted by Crippen LogP contribution is 2.14. The third-order valence-electron chi connectivity index (χ3n) is 2.61. The molecular formula is C12H14N2O. The summed E-state index contributed by atoms with van der Waals surface area (Å²) in [5, 5.41) is 12.4. The first kappa shape index (κ1) is 10.2. The van der Waals surface area contributed by atoms with Gasteiger partial charge in [-0.1, -0.05) is 30.3 Å². The number of nitriles is 1. The number of nitrogens with zero attached hydrogens (tertiary/aromatic N) is 1. The Bertz CT molecular complexity index is 340. The summed E-state index contributed by atoms with van der Waals surface area (Å²) in [7, 11) is 0. The molecule has 0 radical (unpaired) electrons. The minimum atomic E-state index is -0.0631. The van der Waals surface area contributed by atoms with E-state index in [0.29, 0.717) is 12.6 Å². The van der Waals surface area contributed by atoms with Gasteiger partial charge in [0.1, 0.15) is 0 Å². The molecule has 1 aromatic carbocycles. The summed E-state index contributed by atoms with van der Waals surface area (Å²) in [5.41, 5.74) is 1.08. The van der Waals surface area contributed by atoms with Crippen LogP contribution < -0.4 is 5.32 Å². The second kappa shape index (κ2) is 4.92. The summed E-state index contributed by atoms with van der Waals surface area (Å²) in [4.78, 5) is 0. The van der Waals surface area contributed by atoms with Crippen molar-refractivity contribution in [2.24, 2.45) is 0 Å². The molecule has 0 aromatic heterocycles. The van der Waals surface area contributed by atoms with Gasteiger partial charge in [0.05, 0.1) is 31.2 Å². The van der Waals surface area contributed by atoms with Crippen LogP contribution in [-0.4, -0.2) is 25.8 Å². The van der Waals surface area contributed by atoms with E-state index >= 15 is 0 Å². The molecule has 1 aliphatic heterocycles. The van der Waals surface area contributed by atoms with Gasteiger partial charge >= 0.3 is 0 Å². The van der Waals surface area contributed by atoms with Gasteiger partial charge in [0, 0.05) is 6.54 Å². The minimum Gasteiger partial charge on any atom is -0.378 e. The SMILES string of the molecule is N#CC(CNC1COC1)c1ccccc1. The van der Waals surface area contributed by atoms with E-state index in [0.717, 1.165) is 18.8 Å². The van der Waals surface area contributed by atoms with E-state index in [1.54, 1.807) is 0 Å². The Kier molecular flexibility index (Phi) is 3.33. The van der Waals surface area contributed by atoms with Gasteiger partial charge in [-0.2, -0.15) is 5.26 Å². The van der Waals surface area contributed by atoms with Gasteiger partial charge in [0.25, 0.3) is 0 Å². The van der Waals surface area contributed by atoms with Crippen LogP contribution in [0, 0.1) is 11.3 Å². The van der Waals surface area contributed by atoms with Crippen molar-refractivity contribution in [2.75, 3.05) is 19.8 Å². The van der Waals surface area contributed by atoms with Gasteiger partial charge < -0.3 is 10.1 Å². The molecule has 0 saturated carbocycles. The van der Waals surface area contributed by atoms with E-state index in [-0.39, 0.29) is 5.92 Å². The van der Waals surface area contributed by atoms with E-state index in [1.165, 1.54) is 0 Å². The van der Waals surface area contributed by atoms with Crippen molar-refractivity contribution in [3.63, 3.8) is 0 Å². The smallest absolute Gasteiger partial charge is 0.0837 e. The molecule has 78 valence electrons. The molecular weight excluding hydrogens is 188 g/mol. The summed E-state index contributed by atoms with van der Waals surface area (Å²) in [6.45, 7) is 2.24. The third-order valence-corrected chi connectivity index (χ3v) is 2.61. The second-order valence-electron chi connectivity index (χ2n) is 3.73. The number of hydrogen-bond acceptors (Lipinski definition) is 3. The van der Waals surface area contributed by atoms with Gasteiger partial charge in [0.15, 0.2) is 0 Å². The Hall–Kier alpha value is -1.37. The molecule has 0 aliphatic carbocycles. The highest BCUT2D eigenvalue weighted by Gasteiger charge is 2.19. The van der Waals surface area contributed by atoms with Gasteiger partial charge in [-0.15, -0.1) is 0 Å². The summed E-state index contributed by atoms with van der Waals surface area (Å²) in [6, 6.07) is 12.6. The van der Waals surface area contributed by atoms with E-state index in [1.807, 2.05) is 30.3 Å². The molecule has 1 atom stereocenters. The molecule has 1 aromatic rings. The maximum absolute atomic E-state index is 9.06. The van der Waals surface area contributed by atoms with Crippen molar-refractivity contribution < 1.29 is 4.74 Å². The molecule has 15 heavy (non-hydrogen) atoms. The number of rotatable bonds is 4. The first-order chi connectivity index (χ1) is 7.40. The van der Waals surface area contributed by atoms with E-state index in [9.17, 15) is 0 Å². The summed E-state index contributed by atoms with van der Waals surface area (Å²) >= 11 is 0. The fourth-order valence-corrected chi connectivity index (χ4v) is 1.56. The lowest BCUT2D eigenvalue weighted by atomic mass is 10.0. The van der Waals surface area contributed by atoms with Crippen molar-refractivity contribution >= 4 is 0 Å². The van der Waals surface area contributed by atoms with Crippen molar-refractivity contribution in [3.8, 4) is 6.07 Å². The molecule has 3 heteroatoms. The van der Waals surface area contributed by atoms with Crippen LogP contribution >= 0.6 is 0 Å². The Morgan fingerprint density at radius 2 is 2.13 bits per heavy atom. The Labute approximate surface area is 89.7 Å². The second-order valence-corrected chi connectivity index (χ2v) is 3.73. The molecule has 1 fully saturated rings. The Morgan fingerprint density at radius 1 is 1.40 bits per heavy atom.